The zero-order chi connectivity index (χ0) is 38.1. The third-order valence-corrected chi connectivity index (χ3v) is 12.7. The van der Waals surface area contributed by atoms with Crippen molar-refractivity contribution in [2.45, 2.75) is 30.2 Å². The molecule has 0 amide bonds. The first-order valence-corrected chi connectivity index (χ1v) is 20.3. The van der Waals surface area contributed by atoms with Crippen LogP contribution in [-0.4, -0.2) is 18.4 Å². The molecule has 0 aromatic heterocycles. The van der Waals surface area contributed by atoms with Gasteiger partial charge in [0.05, 0.1) is 6.54 Å². The molecule has 0 bridgehead atoms. The van der Waals surface area contributed by atoms with E-state index in [9.17, 15) is 0 Å². The molecule has 2 aliphatic carbocycles. The van der Waals surface area contributed by atoms with Gasteiger partial charge in [-0.2, -0.15) is 0 Å². The van der Waals surface area contributed by atoms with Crippen LogP contribution in [0, 0.1) is 0 Å². The number of benzene rings is 7. The minimum Gasteiger partial charge on any atom is -0.261 e. The van der Waals surface area contributed by atoms with Crippen molar-refractivity contribution in [3.63, 3.8) is 0 Å². The van der Waals surface area contributed by atoms with E-state index in [1.807, 2.05) is 17.8 Å². The molecule has 3 nitrogen and oxygen atoms in total. The van der Waals surface area contributed by atoms with Gasteiger partial charge in [-0.15, -0.1) is 0 Å². The maximum Gasteiger partial charge on any atom is 0.161 e. The predicted molar refractivity (Wildman–Crippen MR) is 240 cm³/mol. The molecule has 4 heteroatoms. The minimum absolute atomic E-state index is 0.387. The maximum absolute atomic E-state index is 5.18. The van der Waals surface area contributed by atoms with Crippen molar-refractivity contribution >= 4 is 35.7 Å². The van der Waals surface area contributed by atoms with Gasteiger partial charge in [-0.25, -0.2) is 9.98 Å². The molecule has 10 rings (SSSR count). The van der Waals surface area contributed by atoms with E-state index in [-0.39, 0.29) is 0 Å². The van der Waals surface area contributed by atoms with E-state index in [0.29, 0.717) is 24.1 Å². The summed E-state index contributed by atoms with van der Waals surface area (Å²) >= 11 is 1.92. The summed E-state index contributed by atoms with van der Waals surface area (Å²) in [6, 6.07) is 60.4. The third kappa shape index (κ3) is 6.83. The quantitative estimate of drug-likeness (QED) is 0.118. The van der Waals surface area contributed by atoms with Crippen LogP contribution in [0.2, 0.25) is 0 Å². The Labute approximate surface area is 338 Å². The lowest BCUT2D eigenvalue weighted by atomic mass is 9.84. The monoisotopic (exact) mass is 749 g/mol. The number of amidine groups is 2. The largest absolute Gasteiger partial charge is 0.261 e. The van der Waals surface area contributed by atoms with E-state index < -0.39 is 0 Å². The summed E-state index contributed by atoms with van der Waals surface area (Å²) < 4.78 is 0. The second kappa shape index (κ2) is 15.1. The lowest BCUT2D eigenvalue weighted by Crippen LogP contribution is -2.06. The molecule has 1 aliphatic heterocycles. The number of hydrogen-bond donors (Lipinski definition) is 0. The standard InChI is InChI=1S/C53H39N3S/c1-54-52(40-24-20-38(21-25-40)36-11-4-2-5-12-36)56-53(55-34-35-19-29-46-44(31-35)32-43-15-8-9-16-45(43)46)41-26-22-39(23-27-41)47-17-10-18-48-49-33-42(37-13-6-3-7-14-37)28-30-50(49)57-51(47)48/h2-31,49H,1,32-34H2/b55-53-,56-52-. The molecule has 1 heterocycles. The van der Waals surface area contributed by atoms with Crippen molar-refractivity contribution in [3.8, 4) is 33.4 Å². The SMILES string of the molecule is C=N/C(=N\C(=N/Cc1ccc2c(c1)Cc1ccccc1-2)c1ccc(-c2cccc3c2SC2=CC=C(c4ccccc4)CC23)cc1)c1ccc(-c2ccccc2)cc1. The molecule has 57 heavy (non-hydrogen) atoms. The molecular weight excluding hydrogens is 711 g/mol. The molecule has 1 atom stereocenters. The van der Waals surface area contributed by atoms with E-state index in [1.165, 1.54) is 65.4 Å². The summed E-state index contributed by atoms with van der Waals surface area (Å²) in [4.78, 5) is 17.5. The molecular formula is C53H39N3S. The number of nitrogens with zero attached hydrogens (tertiary/aromatic N) is 3. The fourth-order valence-corrected chi connectivity index (χ4v) is 9.75. The molecule has 0 saturated heterocycles. The maximum atomic E-state index is 5.18. The van der Waals surface area contributed by atoms with E-state index >= 15 is 0 Å². The van der Waals surface area contributed by atoms with Crippen molar-refractivity contribution in [3.05, 3.63) is 226 Å². The number of aliphatic imine (C=N–C) groups is 3. The average molecular weight is 750 g/mol. The molecule has 7 aromatic carbocycles. The van der Waals surface area contributed by atoms with Gasteiger partial charge >= 0.3 is 0 Å². The Morgan fingerprint density at radius 1 is 0.561 bits per heavy atom. The molecule has 0 radical (unpaired) electrons. The number of hydrogen-bond acceptors (Lipinski definition) is 2. The van der Waals surface area contributed by atoms with E-state index in [4.69, 9.17) is 9.98 Å². The fraction of sp³-hybridized carbons (Fsp3) is 0.0755. The van der Waals surface area contributed by atoms with Gasteiger partial charge in [0, 0.05) is 21.9 Å². The zero-order valence-electron chi connectivity index (χ0n) is 31.5. The second-order valence-electron chi connectivity index (χ2n) is 14.8. The zero-order valence-corrected chi connectivity index (χ0v) is 32.3. The Kier molecular flexibility index (Phi) is 9.25. The first-order chi connectivity index (χ1) is 28.2. The summed E-state index contributed by atoms with van der Waals surface area (Å²) in [7, 11) is 0. The van der Waals surface area contributed by atoms with Crippen LogP contribution in [0.5, 0.6) is 0 Å². The Morgan fingerprint density at radius 3 is 1.98 bits per heavy atom. The van der Waals surface area contributed by atoms with Crippen molar-refractivity contribution in [1.29, 1.82) is 0 Å². The van der Waals surface area contributed by atoms with Crippen molar-refractivity contribution in [2.75, 3.05) is 0 Å². The van der Waals surface area contributed by atoms with Crippen LogP contribution >= 0.6 is 11.8 Å². The molecule has 3 aliphatic rings. The van der Waals surface area contributed by atoms with E-state index in [2.05, 4.69) is 188 Å². The lowest BCUT2D eigenvalue weighted by Gasteiger charge is -2.19. The van der Waals surface area contributed by atoms with Crippen molar-refractivity contribution in [2.24, 2.45) is 15.0 Å². The third-order valence-electron chi connectivity index (χ3n) is 11.3. The smallest absolute Gasteiger partial charge is 0.161 e. The molecule has 272 valence electrons. The predicted octanol–water partition coefficient (Wildman–Crippen LogP) is 13.2. The second-order valence-corrected chi connectivity index (χ2v) is 15.9. The van der Waals surface area contributed by atoms with Crippen LogP contribution < -0.4 is 0 Å². The molecule has 7 aromatic rings. The number of allylic oxidation sites excluding steroid dienone is 4. The molecule has 0 N–H and O–H groups in total. The Morgan fingerprint density at radius 2 is 1.21 bits per heavy atom. The highest BCUT2D eigenvalue weighted by Crippen LogP contribution is 2.56. The van der Waals surface area contributed by atoms with Gasteiger partial charge in [0.2, 0.25) is 0 Å². The van der Waals surface area contributed by atoms with Gasteiger partial charge in [-0.1, -0.05) is 194 Å². The highest BCUT2D eigenvalue weighted by molar-refractivity contribution is 8.03. The highest BCUT2D eigenvalue weighted by atomic mass is 32.2. The van der Waals surface area contributed by atoms with Crippen LogP contribution in [0.3, 0.4) is 0 Å². The number of fused-ring (bicyclic) bond motifs is 6. The summed E-state index contributed by atoms with van der Waals surface area (Å²) in [6.45, 7) is 4.44. The summed E-state index contributed by atoms with van der Waals surface area (Å²) in [6.07, 6.45) is 6.60. The Balaban J connectivity index is 0.969. The molecule has 1 unspecified atom stereocenters. The van der Waals surface area contributed by atoms with Gasteiger partial charge in [0.1, 0.15) is 0 Å². The Bertz CT molecular complexity index is 2780. The highest BCUT2D eigenvalue weighted by Gasteiger charge is 2.32. The van der Waals surface area contributed by atoms with Crippen LogP contribution in [0.15, 0.2) is 207 Å². The molecule has 0 saturated carbocycles. The molecule has 0 spiro atoms. The summed E-state index contributed by atoms with van der Waals surface area (Å²) in [5.74, 6) is 1.55. The first kappa shape index (κ1) is 34.8. The normalized spacial score (nSPS) is 15.5. The van der Waals surface area contributed by atoms with E-state index in [0.717, 1.165) is 35.1 Å². The van der Waals surface area contributed by atoms with Gasteiger partial charge in [0.15, 0.2) is 11.7 Å². The van der Waals surface area contributed by atoms with Crippen LogP contribution in [0.4, 0.5) is 0 Å². The van der Waals surface area contributed by atoms with Gasteiger partial charge in [0.25, 0.3) is 0 Å². The molecule has 0 fully saturated rings. The fourth-order valence-electron chi connectivity index (χ4n) is 8.40. The van der Waals surface area contributed by atoms with Crippen molar-refractivity contribution in [1.82, 2.24) is 0 Å². The first-order valence-electron chi connectivity index (χ1n) is 19.5. The lowest BCUT2D eigenvalue weighted by molar-refractivity contribution is 0.851. The van der Waals surface area contributed by atoms with Crippen LogP contribution in [-0.2, 0) is 13.0 Å². The van der Waals surface area contributed by atoms with Gasteiger partial charge in [-0.05, 0) is 91.2 Å². The number of rotatable bonds is 7. The van der Waals surface area contributed by atoms with Crippen LogP contribution in [0.25, 0.3) is 39.0 Å². The van der Waals surface area contributed by atoms with Gasteiger partial charge < -0.3 is 0 Å². The minimum atomic E-state index is 0.387. The summed E-state index contributed by atoms with van der Waals surface area (Å²) in [5, 5.41) is 0. The average Bonchev–Trinajstić information content (AvgIpc) is 3.85. The number of thioether (sulfide) groups is 1. The Hall–Kier alpha value is -6.62. The van der Waals surface area contributed by atoms with Crippen LogP contribution in [0.1, 0.15) is 51.3 Å². The topological polar surface area (TPSA) is 37.1 Å². The van der Waals surface area contributed by atoms with E-state index in [1.54, 1.807) is 0 Å². The van der Waals surface area contributed by atoms with Crippen molar-refractivity contribution < 1.29 is 0 Å². The summed E-state index contributed by atoms with van der Waals surface area (Å²) in [5.41, 5.74) is 17.2. The van der Waals surface area contributed by atoms with Gasteiger partial charge in [-0.3, -0.25) is 4.99 Å².